The van der Waals surface area contributed by atoms with E-state index >= 15 is 0 Å². The summed E-state index contributed by atoms with van der Waals surface area (Å²) in [6, 6.07) is 7.25. The van der Waals surface area contributed by atoms with Crippen molar-refractivity contribution < 1.29 is 14.3 Å². The van der Waals surface area contributed by atoms with Crippen LogP contribution in [0.3, 0.4) is 0 Å². The van der Waals surface area contributed by atoms with Crippen molar-refractivity contribution in [2.24, 2.45) is 10.7 Å². The standard InChI is InChI=1S/C17H25N5O3.HI/c1-12(11-25-2)21-17(18)20-9-13-3-5-14(6-4-13)16(24)22-8-7-19-15(23)10-22;/h3-6,12H,7-11H2,1-2H3,(H,19,23)(H3,18,20,21);1H. The van der Waals surface area contributed by atoms with Gasteiger partial charge in [0.05, 0.1) is 19.7 Å². The first-order valence-electron chi connectivity index (χ1n) is 8.20. The molecule has 1 fully saturated rings. The summed E-state index contributed by atoms with van der Waals surface area (Å²) < 4.78 is 5.03. The van der Waals surface area contributed by atoms with E-state index in [9.17, 15) is 9.59 Å². The summed E-state index contributed by atoms with van der Waals surface area (Å²) in [6.45, 7) is 4.03. The number of hydrogen-bond donors (Lipinski definition) is 3. The van der Waals surface area contributed by atoms with Crippen LogP contribution in [0.2, 0.25) is 0 Å². The SMILES string of the molecule is COCC(C)NC(N)=NCc1ccc(C(=O)N2CCNC(=O)C2)cc1.I. The Hall–Kier alpha value is -1.88. The van der Waals surface area contributed by atoms with Crippen molar-refractivity contribution in [3.63, 3.8) is 0 Å². The van der Waals surface area contributed by atoms with E-state index in [1.807, 2.05) is 19.1 Å². The summed E-state index contributed by atoms with van der Waals surface area (Å²) in [7, 11) is 1.63. The molecule has 8 nitrogen and oxygen atoms in total. The lowest BCUT2D eigenvalue weighted by atomic mass is 10.1. The molecule has 144 valence electrons. The molecule has 0 aromatic heterocycles. The van der Waals surface area contributed by atoms with Gasteiger partial charge < -0.3 is 26.0 Å². The Kier molecular flexibility index (Phi) is 9.35. The highest BCUT2D eigenvalue weighted by molar-refractivity contribution is 14.0. The van der Waals surface area contributed by atoms with Crippen LogP contribution in [0.4, 0.5) is 0 Å². The number of hydrogen-bond acceptors (Lipinski definition) is 4. The molecule has 4 N–H and O–H groups in total. The number of carbonyl (C=O) groups excluding carboxylic acids is 2. The highest BCUT2D eigenvalue weighted by Crippen LogP contribution is 2.09. The fraction of sp³-hybridized carbons (Fsp3) is 0.471. The number of guanidine groups is 1. The summed E-state index contributed by atoms with van der Waals surface area (Å²) in [5.74, 6) is 0.0831. The minimum absolute atomic E-state index is 0. The molecule has 1 unspecified atom stereocenters. The lowest BCUT2D eigenvalue weighted by Gasteiger charge is -2.26. The molecule has 2 amide bonds. The topological polar surface area (TPSA) is 109 Å². The van der Waals surface area contributed by atoms with Crippen LogP contribution in [0.15, 0.2) is 29.3 Å². The minimum Gasteiger partial charge on any atom is -0.383 e. The number of rotatable bonds is 6. The minimum atomic E-state index is -0.139. The zero-order chi connectivity index (χ0) is 18.2. The maximum absolute atomic E-state index is 12.4. The molecule has 0 radical (unpaired) electrons. The van der Waals surface area contributed by atoms with Gasteiger partial charge in [0, 0.05) is 31.8 Å². The van der Waals surface area contributed by atoms with Gasteiger partial charge in [-0.25, -0.2) is 4.99 Å². The summed E-state index contributed by atoms with van der Waals surface area (Å²) in [5.41, 5.74) is 7.33. The van der Waals surface area contributed by atoms with Gasteiger partial charge in [-0.1, -0.05) is 12.1 Å². The van der Waals surface area contributed by atoms with E-state index in [2.05, 4.69) is 15.6 Å². The smallest absolute Gasteiger partial charge is 0.254 e. The quantitative estimate of drug-likeness (QED) is 0.312. The monoisotopic (exact) mass is 475 g/mol. The third kappa shape index (κ3) is 6.79. The number of nitrogens with one attached hydrogen (secondary N) is 2. The average molecular weight is 475 g/mol. The van der Waals surface area contributed by atoms with Gasteiger partial charge in [-0.15, -0.1) is 24.0 Å². The van der Waals surface area contributed by atoms with E-state index in [0.29, 0.717) is 37.8 Å². The summed E-state index contributed by atoms with van der Waals surface area (Å²) >= 11 is 0. The summed E-state index contributed by atoms with van der Waals surface area (Å²) in [4.78, 5) is 29.6. The van der Waals surface area contributed by atoms with Crippen molar-refractivity contribution in [3.05, 3.63) is 35.4 Å². The molecule has 1 atom stereocenters. The molecule has 1 heterocycles. The predicted octanol–water partition coefficient (Wildman–Crippen LogP) is 0.316. The highest BCUT2D eigenvalue weighted by atomic mass is 127. The van der Waals surface area contributed by atoms with E-state index in [1.165, 1.54) is 0 Å². The van der Waals surface area contributed by atoms with Crippen LogP contribution in [-0.4, -0.2) is 62.1 Å². The normalized spacial score (nSPS) is 15.7. The molecule has 2 rings (SSSR count). The molecule has 0 aliphatic carbocycles. The number of ether oxygens (including phenoxy) is 1. The summed E-state index contributed by atoms with van der Waals surface area (Å²) in [6.07, 6.45) is 0. The molecule has 1 aromatic carbocycles. The number of carbonyl (C=O) groups is 2. The lowest BCUT2D eigenvalue weighted by Crippen LogP contribution is -2.49. The molecular weight excluding hydrogens is 449 g/mol. The zero-order valence-electron chi connectivity index (χ0n) is 15.0. The largest absolute Gasteiger partial charge is 0.383 e. The Balaban J connectivity index is 0.00000338. The van der Waals surface area contributed by atoms with Gasteiger partial charge >= 0.3 is 0 Å². The van der Waals surface area contributed by atoms with Gasteiger partial charge in [0.2, 0.25) is 5.91 Å². The molecule has 1 saturated heterocycles. The molecule has 0 spiro atoms. The third-order valence-electron chi connectivity index (χ3n) is 3.77. The number of amides is 2. The number of piperazine rings is 1. The van der Waals surface area contributed by atoms with E-state index in [1.54, 1.807) is 24.1 Å². The van der Waals surface area contributed by atoms with Crippen LogP contribution in [-0.2, 0) is 16.1 Å². The van der Waals surface area contributed by atoms with Crippen LogP contribution < -0.4 is 16.4 Å². The molecule has 1 aliphatic rings. The number of nitrogens with two attached hydrogens (primary N) is 1. The van der Waals surface area contributed by atoms with Gasteiger partial charge in [-0.3, -0.25) is 9.59 Å². The van der Waals surface area contributed by atoms with Gasteiger partial charge in [-0.05, 0) is 24.6 Å². The van der Waals surface area contributed by atoms with Crippen molar-refractivity contribution in [2.75, 3.05) is 33.4 Å². The fourth-order valence-corrected chi connectivity index (χ4v) is 2.51. The third-order valence-corrected chi connectivity index (χ3v) is 3.77. The Morgan fingerprint density at radius 2 is 2.12 bits per heavy atom. The van der Waals surface area contributed by atoms with Gasteiger partial charge in [0.25, 0.3) is 5.91 Å². The molecule has 1 aliphatic heterocycles. The number of aliphatic imine (C=N–C) groups is 1. The second-order valence-electron chi connectivity index (χ2n) is 5.98. The molecule has 26 heavy (non-hydrogen) atoms. The van der Waals surface area contributed by atoms with Crippen molar-refractivity contribution in [1.29, 1.82) is 0 Å². The molecular formula is C17H26IN5O3. The molecule has 9 heteroatoms. The number of methoxy groups -OCH3 is 1. The van der Waals surface area contributed by atoms with Crippen molar-refractivity contribution in [1.82, 2.24) is 15.5 Å². The number of halogens is 1. The first kappa shape index (κ1) is 22.2. The number of nitrogens with zero attached hydrogens (tertiary/aromatic N) is 2. The van der Waals surface area contributed by atoms with Gasteiger partial charge in [0.15, 0.2) is 5.96 Å². The number of benzene rings is 1. The van der Waals surface area contributed by atoms with Crippen LogP contribution in [0.5, 0.6) is 0 Å². The predicted molar refractivity (Wildman–Crippen MR) is 111 cm³/mol. The van der Waals surface area contributed by atoms with Crippen molar-refractivity contribution in [2.45, 2.75) is 19.5 Å². The van der Waals surface area contributed by atoms with E-state index < -0.39 is 0 Å². The van der Waals surface area contributed by atoms with Crippen LogP contribution in [0.25, 0.3) is 0 Å². The first-order valence-corrected chi connectivity index (χ1v) is 8.20. The molecule has 0 saturated carbocycles. The maximum Gasteiger partial charge on any atom is 0.254 e. The molecule has 0 bridgehead atoms. The van der Waals surface area contributed by atoms with Crippen LogP contribution in [0, 0.1) is 0 Å². The Labute approximate surface area is 170 Å². The first-order chi connectivity index (χ1) is 12.0. The van der Waals surface area contributed by atoms with Crippen LogP contribution in [0.1, 0.15) is 22.8 Å². The van der Waals surface area contributed by atoms with E-state index in [0.717, 1.165) is 5.56 Å². The maximum atomic E-state index is 12.4. The van der Waals surface area contributed by atoms with Crippen molar-refractivity contribution in [3.8, 4) is 0 Å². The second kappa shape index (κ2) is 11.0. The zero-order valence-corrected chi connectivity index (χ0v) is 17.4. The highest BCUT2D eigenvalue weighted by Gasteiger charge is 2.21. The average Bonchev–Trinajstić information content (AvgIpc) is 2.60. The van der Waals surface area contributed by atoms with E-state index in [4.69, 9.17) is 10.5 Å². The Morgan fingerprint density at radius 1 is 1.42 bits per heavy atom. The summed E-state index contributed by atoms with van der Waals surface area (Å²) in [5, 5.41) is 5.73. The van der Waals surface area contributed by atoms with E-state index in [-0.39, 0.29) is 48.4 Å². The Bertz CT molecular complexity index is 636. The van der Waals surface area contributed by atoms with Crippen molar-refractivity contribution >= 4 is 41.8 Å². The van der Waals surface area contributed by atoms with Gasteiger partial charge in [-0.2, -0.15) is 0 Å². The molecule has 1 aromatic rings. The second-order valence-corrected chi connectivity index (χ2v) is 5.98. The van der Waals surface area contributed by atoms with Gasteiger partial charge in [0.1, 0.15) is 0 Å². The Morgan fingerprint density at radius 3 is 2.73 bits per heavy atom. The van der Waals surface area contributed by atoms with Crippen LogP contribution >= 0.6 is 24.0 Å². The fourth-order valence-electron chi connectivity index (χ4n) is 2.51. The lowest BCUT2D eigenvalue weighted by molar-refractivity contribution is -0.123.